The normalized spacial score (nSPS) is 11.0. The van der Waals surface area contributed by atoms with Crippen LogP contribution in [0.25, 0.3) is 0 Å². The Labute approximate surface area is 156 Å². The van der Waals surface area contributed by atoms with Gasteiger partial charge in [-0.2, -0.15) is 0 Å². The van der Waals surface area contributed by atoms with Gasteiger partial charge in [-0.15, -0.1) is 0 Å². The number of nitrogens with zero attached hydrogens (tertiary/aromatic N) is 2. The molecule has 0 aliphatic carbocycles. The lowest BCUT2D eigenvalue weighted by atomic mass is 10.1. The molecular weight excluding hydrogens is 330 g/mol. The van der Waals surface area contributed by atoms with Crippen molar-refractivity contribution in [2.45, 2.75) is 26.2 Å². The van der Waals surface area contributed by atoms with Crippen molar-refractivity contribution in [2.75, 3.05) is 40.8 Å². The van der Waals surface area contributed by atoms with Crippen molar-refractivity contribution in [3.8, 4) is 0 Å². The third-order valence-corrected chi connectivity index (χ3v) is 3.82. The van der Waals surface area contributed by atoms with Crippen LogP contribution in [-0.4, -0.2) is 63.5 Å². The Bertz CT molecular complexity index is 614. The van der Waals surface area contributed by atoms with E-state index in [1.165, 1.54) is 4.90 Å². The van der Waals surface area contributed by atoms with Crippen LogP contribution in [0.1, 0.15) is 35.7 Å². The van der Waals surface area contributed by atoms with E-state index in [-0.39, 0.29) is 18.4 Å². The third-order valence-electron chi connectivity index (χ3n) is 3.82. The summed E-state index contributed by atoms with van der Waals surface area (Å²) in [7, 11) is 5.06. The molecule has 0 bridgehead atoms. The number of carbonyl (C=O) groups is 2. The number of unbranched alkanes of at least 4 members (excludes halogenated alkanes) is 1. The number of hydrogen-bond donors (Lipinski definition) is 3. The fourth-order valence-electron chi connectivity index (χ4n) is 2.18. The van der Waals surface area contributed by atoms with Gasteiger partial charge in [-0.05, 0) is 30.5 Å². The quantitative estimate of drug-likeness (QED) is 0.348. The molecule has 7 heteroatoms. The minimum absolute atomic E-state index is 0.0418. The first-order chi connectivity index (χ1) is 12.5. The predicted octanol–water partition coefficient (Wildman–Crippen LogP) is 1.01. The van der Waals surface area contributed by atoms with E-state index >= 15 is 0 Å². The van der Waals surface area contributed by atoms with Gasteiger partial charge in [0.25, 0.3) is 5.91 Å². The van der Waals surface area contributed by atoms with Crippen LogP contribution in [0.3, 0.4) is 0 Å². The summed E-state index contributed by atoms with van der Waals surface area (Å²) in [5.74, 6) is 0.501. The lowest BCUT2D eigenvalue weighted by Crippen LogP contribution is -2.40. The second-order valence-electron chi connectivity index (χ2n) is 6.19. The SMILES string of the molecule is CCCCNC(=NCC(=O)N(C)C)NCCc1cccc(C(=O)NC)c1. The molecule has 26 heavy (non-hydrogen) atoms. The number of carbonyl (C=O) groups excluding carboxylic acids is 2. The highest BCUT2D eigenvalue weighted by molar-refractivity contribution is 5.94. The van der Waals surface area contributed by atoms with Gasteiger partial charge in [0.05, 0.1) is 0 Å². The van der Waals surface area contributed by atoms with Crippen molar-refractivity contribution < 1.29 is 9.59 Å². The molecule has 0 unspecified atom stereocenters. The van der Waals surface area contributed by atoms with Crippen molar-refractivity contribution >= 4 is 17.8 Å². The molecule has 0 heterocycles. The molecule has 0 aliphatic rings. The van der Waals surface area contributed by atoms with E-state index in [0.717, 1.165) is 31.4 Å². The first-order valence-electron chi connectivity index (χ1n) is 9.01. The average molecular weight is 361 g/mol. The van der Waals surface area contributed by atoms with Crippen molar-refractivity contribution in [3.63, 3.8) is 0 Å². The number of hydrogen-bond acceptors (Lipinski definition) is 3. The average Bonchev–Trinajstić information content (AvgIpc) is 2.64. The van der Waals surface area contributed by atoms with Crippen LogP contribution < -0.4 is 16.0 Å². The molecular formula is C19H31N5O2. The maximum Gasteiger partial charge on any atom is 0.251 e. The highest BCUT2D eigenvalue weighted by Crippen LogP contribution is 2.05. The summed E-state index contributed by atoms with van der Waals surface area (Å²) < 4.78 is 0. The highest BCUT2D eigenvalue weighted by atomic mass is 16.2. The van der Waals surface area contributed by atoms with E-state index in [2.05, 4.69) is 27.9 Å². The third kappa shape index (κ3) is 8.00. The van der Waals surface area contributed by atoms with Crippen LogP contribution in [0.15, 0.2) is 29.3 Å². The van der Waals surface area contributed by atoms with Gasteiger partial charge in [0.2, 0.25) is 5.91 Å². The van der Waals surface area contributed by atoms with E-state index in [9.17, 15) is 9.59 Å². The van der Waals surface area contributed by atoms with Gasteiger partial charge in [-0.25, -0.2) is 4.99 Å². The fourth-order valence-corrected chi connectivity index (χ4v) is 2.18. The molecule has 7 nitrogen and oxygen atoms in total. The number of rotatable bonds is 9. The van der Waals surface area contributed by atoms with Gasteiger partial charge in [0.15, 0.2) is 5.96 Å². The predicted molar refractivity (Wildman–Crippen MR) is 105 cm³/mol. The summed E-state index contributed by atoms with van der Waals surface area (Å²) in [6, 6.07) is 7.55. The largest absolute Gasteiger partial charge is 0.356 e. The standard InChI is InChI=1S/C19H31N5O2/c1-5-6-11-21-19(23-14-17(25)24(3)4)22-12-10-15-8-7-9-16(13-15)18(26)20-2/h7-9,13H,5-6,10-12,14H2,1-4H3,(H,20,26)(H2,21,22,23). The molecule has 1 aromatic carbocycles. The van der Waals surface area contributed by atoms with Crippen molar-refractivity contribution in [2.24, 2.45) is 4.99 Å². The molecule has 0 atom stereocenters. The van der Waals surface area contributed by atoms with Crippen molar-refractivity contribution in [3.05, 3.63) is 35.4 Å². The monoisotopic (exact) mass is 361 g/mol. The first kappa shape index (κ1) is 21.5. The number of aliphatic imine (C=N–C) groups is 1. The van der Waals surface area contributed by atoms with Gasteiger partial charge in [0.1, 0.15) is 6.54 Å². The second kappa shape index (κ2) is 11.9. The summed E-state index contributed by atoms with van der Waals surface area (Å²) >= 11 is 0. The number of nitrogens with one attached hydrogen (secondary N) is 3. The zero-order valence-corrected chi connectivity index (χ0v) is 16.3. The van der Waals surface area contributed by atoms with Gasteiger partial charge >= 0.3 is 0 Å². The minimum Gasteiger partial charge on any atom is -0.356 e. The zero-order chi connectivity index (χ0) is 19.4. The van der Waals surface area contributed by atoms with Gasteiger partial charge < -0.3 is 20.9 Å². The Hall–Kier alpha value is -2.57. The van der Waals surface area contributed by atoms with E-state index in [1.54, 1.807) is 27.2 Å². The smallest absolute Gasteiger partial charge is 0.251 e. The van der Waals surface area contributed by atoms with Crippen LogP contribution in [-0.2, 0) is 11.2 Å². The molecule has 2 amide bonds. The van der Waals surface area contributed by atoms with Gasteiger partial charge in [-0.1, -0.05) is 25.5 Å². The van der Waals surface area contributed by atoms with Crippen LogP contribution in [0.4, 0.5) is 0 Å². The topological polar surface area (TPSA) is 85.8 Å². The summed E-state index contributed by atoms with van der Waals surface area (Å²) in [5, 5.41) is 9.12. The Kier molecular flexibility index (Phi) is 9.82. The molecule has 0 aromatic heterocycles. The molecule has 1 aromatic rings. The number of amides is 2. The summed E-state index contributed by atoms with van der Waals surface area (Å²) in [6.07, 6.45) is 2.88. The molecule has 1 rings (SSSR count). The molecule has 0 spiro atoms. The summed E-state index contributed by atoms with van der Waals surface area (Å²) in [6.45, 7) is 3.71. The summed E-state index contributed by atoms with van der Waals surface area (Å²) in [5.41, 5.74) is 1.72. The van der Waals surface area contributed by atoms with E-state index in [4.69, 9.17) is 0 Å². The molecule has 0 fully saturated rings. The lowest BCUT2D eigenvalue weighted by molar-refractivity contribution is -0.127. The van der Waals surface area contributed by atoms with Gasteiger partial charge in [-0.3, -0.25) is 9.59 Å². The Morgan fingerprint density at radius 2 is 1.88 bits per heavy atom. The van der Waals surface area contributed by atoms with Crippen LogP contribution >= 0.6 is 0 Å². The van der Waals surface area contributed by atoms with E-state index < -0.39 is 0 Å². The van der Waals surface area contributed by atoms with Crippen molar-refractivity contribution in [1.82, 2.24) is 20.9 Å². The molecule has 0 saturated heterocycles. The van der Waals surface area contributed by atoms with Crippen molar-refractivity contribution in [1.29, 1.82) is 0 Å². The molecule has 0 aliphatic heterocycles. The number of guanidine groups is 1. The van der Waals surface area contributed by atoms with Crippen LogP contribution in [0.5, 0.6) is 0 Å². The Morgan fingerprint density at radius 3 is 2.54 bits per heavy atom. The molecule has 3 N–H and O–H groups in total. The zero-order valence-electron chi connectivity index (χ0n) is 16.3. The molecule has 144 valence electrons. The fraction of sp³-hybridized carbons (Fsp3) is 0.526. The molecule has 0 radical (unpaired) electrons. The Morgan fingerprint density at radius 1 is 1.15 bits per heavy atom. The minimum atomic E-state index is -0.0921. The number of benzene rings is 1. The first-order valence-corrected chi connectivity index (χ1v) is 9.01. The number of likely N-dealkylation sites (N-methyl/N-ethyl adjacent to an activating group) is 1. The lowest BCUT2D eigenvalue weighted by Gasteiger charge is -2.14. The highest BCUT2D eigenvalue weighted by Gasteiger charge is 2.06. The van der Waals surface area contributed by atoms with E-state index in [1.807, 2.05) is 18.2 Å². The second-order valence-corrected chi connectivity index (χ2v) is 6.19. The van der Waals surface area contributed by atoms with Crippen LogP contribution in [0, 0.1) is 0 Å². The summed E-state index contributed by atoms with van der Waals surface area (Å²) in [4.78, 5) is 29.3. The maximum absolute atomic E-state index is 11.7. The van der Waals surface area contributed by atoms with Crippen LogP contribution in [0.2, 0.25) is 0 Å². The maximum atomic E-state index is 11.7. The van der Waals surface area contributed by atoms with E-state index in [0.29, 0.717) is 18.1 Å². The molecule has 0 saturated carbocycles. The Balaban J connectivity index is 2.60. The van der Waals surface area contributed by atoms with Gasteiger partial charge in [0, 0.05) is 39.8 Å².